The molecule has 17 heavy (non-hydrogen) atoms. The number of likely N-dealkylation sites (tertiary alicyclic amines) is 1. The Labute approximate surface area is 99.0 Å². The Morgan fingerprint density at radius 1 is 1.71 bits per heavy atom. The third kappa shape index (κ3) is 1.42. The van der Waals surface area contributed by atoms with E-state index >= 15 is 0 Å². The third-order valence-corrected chi connectivity index (χ3v) is 3.73. The van der Waals surface area contributed by atoms with Crippen molar-refractivity contribution in [1.82, 2.24) is 9.88 Å². The van der Waals surface area contributed by atoms with Crippen LogP contribution in [0.3, 0.4) is 0 Å². The Hall–Kier alpha value is -1.62. The maximum atomic E-state index is 11.1. The molecule has 3 rings (SSSR count). The number of nitrogens with zero attached hydrogens (tertiary/aromatic N) is 2. The van der Waals surface area contributed by atoms with Gasteiger partial charge >= 0.3 is 6.09 Å². The van der Waals surface area contributed by atoms with Gasteiger partial charge in [0.05, 0.1) is 13.2 Å². The predicted molar refractivity (Wildman–Crippen MR) is 59.5 cm³/mol. The summed E-state index contributed by atoms with van der Waals surface area (Å²) >= 11 is 0. The Kier molecular flexibility index (Phi) is 2.13. The van der Waals surface area contributed by atoms with E-state index < -0.39 is 11.7 Å². The van der Waals surface area contributed by atoms with Crippen molar-refractivity contribution in [3.8, 4) is 0 Å². The van der Waals surface area contributed by atoms with E-state index in [-0.39, 0.29) is 6.04 Å². The summed E-state index contributed by atoms with van der Waals surface area (Å²) in [5.41, 5.74) is 1.73. The van der Waals surface area contributed by atoms with Gasteiger partial charge < -0.3 is 14.7 Å². The minimum atomic E-state index is -0.875. The van der Waals surface area contributed by atoms with E-state index in [0.717, 1.165) is 17.5 Å². The summed E-state index contributed by atoms with van der Waals surface area (Å²) < 4.78 is 5.88. The molecule has 0 radical (unpaired) electrons. The van der Waals surface area contributed by atoms with Gasteiger partial charge in [0, 0.05) is 30.4 Å². The number of rotatable bonds is 0. The molecular formula is C12H14N2O3. The molecule has 5 heteroatoms. The minimum Gasteiger partial charge on any atom is -0.465 e. The van der Waals surface area contributed by atoms with Crippen LogP contribution >= 0.6 is 0 Å². The normalized spacial score (nSPS) is 30.9. The molecule has 1 saturated heterocycles. The Bertz CT molecular complexity index is 477. The quantitative estimate of drug-likeness (QED) is 0.740. The van der Waals surface area contributed by atoms with Gasteiger partial charge in [0.25, 0.3) is 0 Å². The Balaban J connectivity index is 1.98. The van der Waals surface area contributed by atoms with Crippen LogP contribution in [0.25, 0.3) is 0 Å². The Morgan fingerprint density at radius 2 is 2.53 bits per heavy atom. The average molecular weight is 234 g/mol. The molecule has 1 amide bonds. The number of fused-ring (bicyclic) bond motifs is 2. The molecule has 1 fully saturated rings. The fourth-order valence-corrected chi connectivity index (χ4v) is 2.92. The number of carboxylic acid groups (broad SMARTS) is 1. The fraction of sp³-hybridized carbons (Fsp3) is 0.500. The van der Waals surface area contributed by atoms with Crippen molar-refractivity contribution in [3.63, 3.8) is 0 Å². The average Bonchev–Trinajstić information content (AvgIpc) is 2.83. The van der Waals surface area contributed by atoms with Crippen LogP contribution in [0.2, 0.25) is 0 Å². The molecule has 2 atom stereocenters. The van der Waals surface area contributed by atoms with Gasteiger partial charge in [0.1, 0.15) is 5.60 Å². The summed E-state index contributed by atoms with van der Waals surface area (Å²) in [6.45, 7) is 2.87. The number of hydrogen-bond donors (Lipinski definition) is 1. The number of aromatic nitrogens is 1. The SMILES string of the molecule is C[C@H]1CC2(CN1C(=O)O)OCc1cnccc12. The summed E-state index contributed by atoms with van der Waals surface area (Å²) in [6.07, 6.45) is 3.39. The summed E-state index contributed by atoms with van der Waals surface area (Å²) in [5, 5.41) is 9.13. The highest BCUT2D eigenvalue weighted by atomic mass is 16.5. The van der Waals surface area contributed by atoms with Crippen molar-refractivity contribution in [2.24, 2.45) is 0 Å². The molecule has 90 valence electrons. The van der Waals surface area contributed by atoms with Crippen LogP contribution in [0, 0.1) is 0 Å². The van der Waals surface area contributed by atoms with Crippen molar-refractivity contribution in [2.45, 2.75) is 31.6 Å². The largest absolute Gasteiger partial charge is 0.465 e. The molecule has 5 nitrogen and oxygen atoms in total. The van der Waals surface area contributed by atoms with E-state index in [0.29, 0.717) is 13.2 Å². The lowest BCUT2D eigenvalue weighted by molar-refractivity contribution is -0.0287. The van der Waals surface area contributed by atoms with Crippen molar-refractivity contribution in [3.05, 3.63) is 29.6 Å². The highest BCUT2D eigenvalue weighted by Crippen LogP contribution is 2.45. The first-order valence-corrected chi connectivity index (χ1v) is 5.69. The van der Waals surface area contributed by atoms with E-state index in [1.165, 1.54) is 4.90 Å². The van der Waals surface area contributed by atoms with E-state index in [1.807, 2.05) is 13.0 Å². The van der Waals surface area contributed by atoms with Crippen molar-refractivity contribution in [1.29, 1.82) is 0 Å². The number of hydrogen-bond acceptors (Lipinski definition) is 3. The molecule has 2 aliphatic rings. The van der Waals surface area contributed by atoms with Gasteiger partial charge in [0.2, 0.25) is 0 Å². The second-order valence-electron chi connectivity index (χ2n) is 4.78. The molecule has 2 aliphatic heterocycles. The van der Waals surface area contributed by atoms with E-state index in [1.54, 1.807) is 12.4 Å². The van der Waals surface area contributed by atoms with Gasteiger partial charge in [-0.05, 0) is 18.6 Å². The third-order valence-electron chi connectivity index (χ3n) is 3.73. The standard InChI is InChI=1S/C12H14N2O3/c1-8-4-12(7-14(8)11(15)16)10-2-3-13-5-9(10)6-17-12/h2-3,5,8H,4,6-7H2,1H3,(H,15,16)/t8-,12?/m0/s1. The van der Waals surface area contributed by atoms with Crippen molar-refractivity contribution < 1.29 is 14.6 Å². The van der Waals surface area contributed by atoms with Crippen LogP contribution in [-0.2, 0) is 16.9 Å². The number of pyridine rings is 1. The molecule has 0 aromatic carbocycles. The second kappa shape index (κ2) is 3.43. The van der Waals surface area contributed by atoms with Gasteiger partial charge in [-0.25, -0.2) is 4.79 Å². The van der Waals surface area contributed by atoms with E-state index in [9.17, 15) is 4.79 Å². The van der Waals surface area contributed by atoms with E-state index in [4.69, 9.17) is 9.84 Å². The van der Waals surface area contributed by atoms with Crippen LogP contribution < -0.4 is 0 Å². The van der Waals surface area contributed by atoms with Crippen LogP contribution in [-0.4, -0.2) is 33.7 Å². The zero-order valence-electron chi connectivity index (χ0n) is 9.59. The highest BCUT2D eigenvalue weighted by Gasteiger charge is 2.50. The Morgan fingerprint density at radius 3 is 3.24 bits per heavy atom. The molecule has 1 unspecified atom stereocenters. The van der Waals surface area contributed by atoms with Crippen molar-refractivity contribution in [2.75, 3.05) is 6.54 Å². The zero-order valence-corrected chi connectivity index (χ0v) is 9.59. The molecule has 0 saturated carbocycles. The summed E-state index contributed by atoms with van der Waals surface area (Å²) in [6, 6.07) is 1.94. The minimum absolute atomic E-state index is 0.00776. The van der Waals surface area contributed by atoms with Crippen LogP contribution in [0.1, 0.15) is 24.5 Å². The molecule has 0 aliphatic carbocycles. The van der Waals surface area contributed by atoms with Crippen LogP contribution in [0.15, 0.2) is 18.5 Å². The molecule has 1 aromatic heterocycles. The molecule has 3 heterocycles. The molecule has 1 aromatic rings. The first-order chi connectivity index (χ1) is 8.12. The number of ether oxygens (including phenoxy) is 1. The lowest BCUT2D eigenvalue weighted by Crippen LogP contribution is -2.35. The van der Waals surface area contributed by atoms with Gasteiger partial charge in [0.15, 0.2) is 0 Å². The predicted octanol–water partition coefficient (Wildman–Crippen LogP) is 1.58. The monoisotopic (exact) mass is 234 g/mol. The van der Waals surface area contributed by atoms with Gasteiger partial charge in [-0.2, -0.15) is 0 Å². The maximum absolute atomic E-state index is 11.1. The first-order valence-electron chi connectivity index (χ1n) is 5.69. The van der Waals surface area contributed by atoms with Crippen LogP contribution in [0.5, 0.6) is 0 Å². The molecule has 0 bridgehead atoms. The molecule has 1 N–H and O–H groups in total. The first kappa shape index (κ1) is 10.5. The zero-order chi connectivity index (χ0) is 12.0. The summed E-state index contributed by atoms with van der Waals surface area (Å²) in [4.78, 5) is 16.7. The lowest BCUT2D eigenvalue weighted by Gasteiger charge is -2.23. The second-order valence-corrected chi connectivity index (χ2v) is 4.78. The highest BCUT2D eigenvalue weighted by molar-refractivity contribution is 5.66. The van der Waals surface area contributed by atoms with Crippen LogP contribution in [0.4, 0.5) is 4.79 Å². The molecule has 1 spiro atoms. The number of carbonyl (C=O) groups is 1. The fourth-order valence-electron chi connectivity index (χ4n) is 2.92. The van der Waals surface area contributed by atoms with E-state index in [2.05, 4.69) is 4.98 Å². The summed E-state index contributed by atoms with van der Waals surface area (Å²) in [5.74, 6) is 0. The number of amides is 1. The van der Waals surface area contributed by atoms with Gasteiger partial charge in [-0.1, -0.05) is 0 Å². The summed E-state index contributed by atoms with van der Waals surface area (Å²) in [7, 11) is 0. The van der Waals surface area contributed by atoms with Crippen molar-refractivity contribution >= 4 is 6.09 Å². The maximum Gasteiger partial charge on any atom is 0.407 e. The molecular weight excluding hydrogens is 220 g/mol. The van der Waals surface area contributed by atoms with Gasteiger partial charge in [-0.15, -0.1) is 0 Å². The lowest BCUT2D eigenvalue weighted by atomic mass is 9.91. The topological polar surface area (TPSA) is 62.7 Å². The smallest absolute Gasteiger partial charge is 0.407 e. The van der Waals surface area contributed by atoms with Gasteiger partial charge in [-0.3, -0.25) is 4.98 Å².